The Morgan fingerprint density at radius 2 is 1.95 bits per heavy atom. The van der Waals surface area contributed by atoms with Gasteiger partial charge in [0.1, 0.15) is 0 Å². The van der Waals surface area contributed by atoms with Crippen molar-refractivity contribution in [2.45, 2.75) is 38.3 Å². The van der Waals surface area contributed by atoms with Crippen molar-refractivity contribution in [3.8, 4) is 0 Å². The van der Waals surface area contributed by atoms with Crippen LogP contribution in [-0.4, -0.2) is 60.2 Å². The highest BCUT2D eigenvalue weighted by atomic mass is 35.5. The third-order valence-corrected chi connectivity index (χ3v) is 4.94. The van der Waals surface area contributed by atoms with E-state index in [9.17, 15) is 0 Å². The van der Waals surface area contributed by atoms with Crippen LogP contribution in [-0.2, 0) is 11.3 Å². The van der Waals surface area contributed by atoms with E-state index in [1.807, 2.05) is 12.3 Å². The molecule has 2 aliphatic rings. The fourth-order valence-electron chi connectivity index (χ4n) is 3.43. The Bertz CT molecular complexity index is 465. The highest BCUT2D eigenvalue weighted by molar-refractivity contribution is 6.31. The second kappa shape index (κ2) is 8.25. The molecular formula is C17H26ClN3O. The standard InChI is InChI=1S/C17H26ClN3O/c18-17-11-19-6-5-15(17)12-21-9-4-10-22-16(14-21)13-20-7-2-1-3-8-20/h5-6,11,16H,1-4,7-10,12-14H2. The van der Waals surface area contributed by atoms with E-state index >= 15 is 0 Å². The van der Waals surface area contributed by atoms with Gasteiger partial charge in [-0.2, -0.15) is 0 Å². The normalized spacial score (nSPS) is 25.0. The number of likely N-dealkylation sites (tertiary alicyclic amines) is 1. The lowest BCUT2D eigenvalue weighted by Crippen LogP contribution is -2.42. The van der Waals surface area contributed by atoms with Crippen molar-refractivity contribution in [2.75, 3.05) is 39.3 Å². The summed E-state index contributed by atoms with van der Waals surface area (Å²) in [6.07, 6.45) is 9.03. The van der Waals surface area contributed by atoms with Crippen LogP contribution in [0.1, 0.15) is 31.2 Å². The molecular weight excluding hydrogens is 298 g/mol. The van der Waals surface area contributed by atoms with Gasteiger partial charge in [-0.05, 0) is 44.0 Å². The summed E-state index contributed by atoms with van der Waals surface area (Å²) in [4.78, 5) is 9.11. The van der Waals surface area contributed by atoms with Gasteiger partial charge >= 0.3 is 0 Å². The molecule has 1 aromatic rings. The molecule has 1 unspecified atom stereocenters. The van der Waals surface area contributed by atoms with Gasteiger partial charge in [-0.25, -0.2) is 0 Å². The van der Waals surface area contributed by atoms with Crippen molar-refractivity contribution in [3.63, 3.8) is 0 Å². The van der Waals surface area contributed by atoms with Crippen LogP contribution in [0.5, 0.6) is 0 Å². The van der Waals surface area contributed by atoms with Gasteiger partial charge < -0.3 is 9.64 Å². The average Bonchev–Trinajstić information content (AvgIpc) is 2.76. The summed E-state index contributed by atoms with van der Waals surface area (Å²) in [5, 5.41) is 0.764. The van der Waals surface area contributed by atoms with Crippen LogP contribution in [0.25, 0.3) is 0 Å². The van der Waals surface area contributed by atoms with Gasteiger partial charge in [0.05, 0.1) is 11.1 Å². The zero-order valence-corrected chi connectivity index (χ0v) is 14.0. The molecule has 0 N–H and O–H groups in total. The summed E-state index contributed by atoms with van der Waals surface area (Å²) in [7, 11) is 0. The minimum atomic E-state index is 0.321. The monoisotopic (exact) mass is 323 g/mol. The molecule has 0 aromatic carbocycles. The second-order valence-electron chi connectivity index (χ2n) is 6.41. The number of aromatic nitrogens is 1. The molecule has 1 atom stereocenters. The molecule has 2 aliphatic heterocycles. The molecule has 5 heteroatoms. The van der Waals surface area contributed by atoms with Gasteiger partial charge in [0.15, 0.2) is 0 Å². The zero-order valence-electron chi connectivity index (χ0n) is 13.2. The molecule has 0 amide bonds. The number of pyridine rings is 1. The second-order valence-corrected chi connectivity index (χ2v) is 6.82. The summed E-state index contributed by atoms with van der Waals surface area (Å²) in [5.74, 6) is 0. The first kappa shape index (κ1) is 16.2. The van der Waals surface area contributed by atoms with Gasteiger partial charge in [0.2, 0.25) is 0 Å². The maximum Gasteiger partial charge on any atom is 0.0828 e. The summed E-state index contributed by atoms with van der Waals surface area (Å²) in [6.45, 7) is 7.37. The lowest BCUT2D eigenvalue weighted by atomic mass is 10.1. The summed E-state index contributed by atoms with van der Waals surface area (Å²) >= 11 is 6.25. The Morgan fingerprint density at radius 3 is 2.77 bits per heavy atom. The van der Waals surface area contributed by atoms with Crippen LogP contribution in [0.4, 0.5) is 0 Å². The van der Waals surface area contributed by atoms with E-state index in [2.05, 4.69) is 14.8 Å². The number of rotatable bonds is 4. The van der Waals surface area contributed by atoms with Crippen molar-refractivity contribution in [1.29, 1.82) is 0 Å². The number of hydrogen-bond donors (Lipinski definition) is 0. The molecule has 3 rings (SSSR count). The van der Waals surface area contributed by atoms with Crippen LogP contribution in [0.3, 0.4) is 0 Å². The highest BCUT2D eigenvalue weighted by Gasteiger charge is 2.22. The summed E-state index contributed by atoms with van der Waals surface area (Å²) < 4.78 is 6.08. The zero-order chi connectivity index (χ0) is 15.2. The Kier molecular flexibility index (Phi) is 6.07. The molecule has 2 saturated heterocycles. The molecule has 2 fully saturated rings. The molecule has 3 heterocycles. The van der Waals surface area contributed by atoms with Crippen LogP contribution >= 0.6 is 11.6 Å². The van der Waals surface area contributed by atoms with Crippen LogP contribution in [0.2, 0.25) is 5.02 Å². The fourth-order valence-corrected chi connectivity index (χ4v) is 3.61. The van der Waals surface area contributed by atoms with Gasteiger partial charge in [-0.1, -0.05) is 18.0 Å². The van der Waals surface area contributed by atoms with E-state index in [-0.39, 0.29) is 0 Å². The summed E-state index contributed by atoms with van der Waals surface area (Å²) in [5.41, 5.74) is 1.16. The number of nitrogens with zero attached hydrogens (tertiary/aromatic N) is 3. The van der Waals surface area contributed by atoms with E-state index in [0.717, 1.165) is 49.8 Å². The van der Waals surface area contributed by atoms with Gasteiger partial charge in [-0.3, -0.25) is 9.88 Å². The molecule has 122 valence electrons. The molecule has 1 aromatic heterocycles. The first-order valence-corrected chi connectivity index (χ1v) is 8.84. The van der Waals surface area contributed by atoms with E-state index in [4.69, 9.17) is 16.3 Å². The predicted octanol–water partition coefficient (Wildman–Crippen LogP) is 2.81. The Balaban J connectivity index is 1.56. The predicted molar refractivity (Wildman–Crippen MR) is 89.2 cm³/mol. The molecule has 4 nitrogen and oxygen atoms in total. The first-order chi connectivity index (χ1) is 10.8. The minimum absolute atomic E-state index is 0.321. The van der Waals surface area contributed by atoms with E-state index in [1.165, 1.54) is 32.4 Å². The van der Waals surface area contributed by atoms with E-state index in [1.54, 1.807) is 6.20 Å². The van der Waals surface area contributed by atoms with Crippen molar-refractivity contribution >= 4 is 11.6 Å². The maximum absolute atomic E-state index is 6.25. The van der Waals surface area contributed by atoms with E-state index in [0.29, 0.717) is 6.10 Å². The Morgan fingerprint density at radius 1 is 1.14 bits per heavy atom. The van der Waals surface area contributed by atoms with Crippen LogP contribution < -0.4 is 0 Å². The Labute approximate surface area is 138 Å². The van der Waals surface area contributed by atoms with Crippen LogP contribution in [0.15, 0.2) is 18.5 Å². The van der Waals surface area contributed by atoms with Crippen molar-refractivity contribution < 1.29 is 4.74 Å². The van der Waals surface area contributed by atoms with Crippen molar-refractivity contribution in [1.82, 2.24) is 14.8 Å². The minimum Gasteiger partial charge on any atom is -0.376 e. The number of ether oxygens (including phenoxy) is 1. The average molecular weight is 324 g/mol. The Hall–Kier alpha value is -0.680. The maximum atomic E-state index is 6.25. The third kappa shape index (κ3) is 4.66. The van der Waals surface area contributed by atoms with Gasteiger partial charge in [-0.15, -0.1) is 0 Å². The quantitative estimate of drug-likeness (QED) is 0.852. The largest absolute Gasteiger partial charge is 0.376 e. The van der Waals surface area contributed by atoms with Gasteiger partial charge in [0.25, 0.3) is 0 Å². The lowest BCUT2D eigenvalue weighted by molar-refractivity contribution is 0.0217. The topological polar surface area (TPSA) is 28.6 Å². The van der Waals surface area contributed by atoms with Crippen molar-refractivity contribution in [3.05, 3.63) is 29.0 Å². The molecule has 22 heavy (non-hydrogen) atoms. The number of hydrogen-bond acceptors (Lipinski definition) is 4. The molecule has 0 radical (unpaired) electrons. The summed E-state index contributed by atoms with van der Waals surface area (Å²) in [6, 6.07) is 2.02. The lowest BCUT2D eigenvalue weighted by Gasteiger charge is -2.31. The first-order valence-electron chi connectivity index (χ1n) is 8.46. The molecule has 0 saturated carbocycles. The molecule has 0 bridgehead atoms. The third-order valence-electron chi connectivity index (χ3n) is 4.59. The van der Waals surface area contributed by atoms with Gasteiger partial charge in [0, 0.05) is 45.2 Å². The van der Waals surface area contributed by atoms with Crippen molar-refractivity contribution in [2.24, 2.45) is 0 Å². The SMILES string of the molecule is Clc1cnccc1CN1CCCOC(CN2CCCCC2)C1. The number of piperidine rings is 1. The molecule has 0 spiro atoms. The highest BCUT2D eigenvalue weighted by Crippen LogP contribution is 2.18. The smallest absolute Gasteiger partial charge is 0.0828 e. The van der Waals surface area contributed by atoms with Crippen LogP contribution in [0, 0.1) is 0 Å². The molecule has 0 aliphatic carbocycles. The fraction of sp³-hybridized carbons (Fsp3) is 0.706. The number of halogens is 1. The van der Waals surface area contributed by atoms with E-state index < -0.39 is 0 Å².